The van der Waals surface area contributed by atoms with Crippen molar-refractivity contribution >= 4 is 17.8 Å². The maximum absolute atomic E-state index is 12.0. The zero-order chi connectivity index (χ0) is 14.5. The van der Waals surface area contributed by atoms with Crippen LogP contribution in [0.15, 0.2) is 0 Å². The first-order valence-electron chi connectivity index (χ1n) is 6.67. The molecule has 108 valence electrons. The molecule has 1 saturated carbocycles. The van der Waals surface area contributed by atoms with Crippen molar-refractivity contribution in [3.63, 3.8) is 0 Å². The van der Waals surface area contributed by atoms with Crippen molar-refractivity contribution in [2.45, 2.75) is 58.0 Å². The van der Waals surface area contributed by atoms with Crippen LogP contribution in [0.2, 0.25) is 0 Å². The number of carbonyl (C=O) groups excluding carboxylic acids is 3. The molecule has 19 heavy (non-hydrogen) atoms. The van der Waals surface area contributed by atoms with E-state index in [0.29, 0.717) is 12.8 Å². The van der Waals surface area contributed by atoms with Gasteiger partial charge in [-0.1, -0.05) is 12.8 Å². The summed E-state index contributed by atoms with van der Waals surface area (Å²) in [5.41, 5.74) is -0.917. The van der Waals surface area contributed by atoms with Crippen molar-refractivity contribution in [2.24, 2.45) is 0 Å². The molecular formula is C13H22N2O4. The predicted octanol–water partition coefficient (Wildman–Crippen LogP) is 0.503. The molecule has 2 N–H and O–H groups in total. The van der Waals surface area contributed by atoms with E-state index in [1.54, 1.807) is 13.8 Å². The fourth-order valence-corrected chi connectivity index (χ4v) is 2.34. The van der Waals surface area contributed by atoms with Crippen LogP contribution in [-0.4, -0.2) is 36.0 Å². The molecule has 0 spiro atoms. The van der Waals surface area contributed by atoms with Crippen LogP contribution in [0, 0.1) is 0 Å². The van der Waals surface area contributed by atoms with Crippen LogP contribution < -0.4 is 10.6 Å². The second kappa shape index (κ2) is 6.54. The van der Waals surface area contributed by atoms with E-state index in [0.717, 1.165) is 12.8 Å². The number of carbonyl (C=O) groups is 3. The van der Waals surface area contributed by atoms with Crippen molar-refractivity contribution in [1.29, 1.82) is 0 Å². The molecule has 1 rings (SSSR count). The SMILES string of the molecule is CCOC(=O)C1(NC(=O)C(C)NC(C)=O)CCCC1. The molecule has 0 aromatic rings. The molecule has 6 nitrogen and oxygen atoms in total. The molecule has 1 fully saturated rings. The third kappa shape index (κ3) is 3.94. The first-order valence-corrected chi connectivity index (χ1v) is 6.67. The molecule has 0 radical (unpaired) electrons. The Morgan fingerprint density at radius 3 is 2.32 bits per heavy atom. The number of rotatable bonds is 5. The minimum absolute atomic E-state index is 0.278. The first kappa shape index (κ1) is 15.5. The van der Waals surface area contributed by atoms with Gasteiger partial charge in [-0.25, -0.2) is 4.79 Å². The van der Waals surface area contributed by atoms with Crippen LogP contribution in [0.4, 0.5) is 0 Å². The number of nitrogens with one attached hydrogen (secondary N) is 2. The summed E-state index contributed by atoms with van der Waals surface area (Å²) in [6.07, 6.45) is 2.94. The zero-order valence-electron chi connectivity index (χ0n) is 11.7. The summed E-state index contributed by atoms with van der Waals surface area (Å²) in [7, 11) is 0. The largest absolute Gasteiger partial charge is 0.464 e. The zero-order valence-corrected chi connectivity index (χ0v) is 11.7. The summed E-state index contributed by atoms with van der Waals surface area (Å²) < 4.78 is 5.05. The molecule has 0 aromatic heterocycles. The lowest BCUT2D eigenvalue weighted by molar-refractivity contribution is -0.153. The predicted molar refractivity (Wildman–Crippen MR) is 69.3 cm³/mol. The minimum Gasteiger partial charge on any atom is -0.464 e. The molecule has 1 unspecified atom stereocenters. The van der Waals surface area contributed by atoms with E-state index in [1.165, 1.54) is 6.92 Å². The Morgan fingerprint density at radius 2 is 1.84 bits per heavy atom. The average molecular weight is 270 g/mol. The summed E-state index contributed by atoms with van der Waals surface area (Å²) in [5, 5.41) is 5.26. The second-order valence-corrected chi connectivity index (χ2v) is 4.92. The number of esters is 1. The Balaban J connectivity index is 2.71. The Bertz CT molecular complexity index is 362. The average Bonchev–Trinajstić information content (AvgIpc) is 2.78. The Morgan fingerprint density at radius 1 is 1.26 bits per heavy atom. The molecule has 1 aliphatic rings. The number of amides is 2. The highest BCUT2D eigenvalue weighted by molar-refractivity contribution is 5.92. The van der Waals surface area contributed by atoms with Gasteiger partial charge in [0.2, 0.25) is 11.8 Å². The lowest BCUT2D eigenvalue weighted by atomic mass is 9.97. The van der Waals surface area contributed by atoms with E-state index in [-0.39, 0.29) is 24.4 Å². The van der Waals surface area contributed by atoms with Gasteiger partial charge in [-0.15, -0.1) is 0 Å². The van der Waals surface area contributed by atoms with Crippen molar-refractivity contribution in [1.82, 2.24) is 10.6 Å². The fourth-order valence-electron chi connectivity index (χ4n) is 2.34. The molecule has 0 heterocycles. The van der Waals surface area contributed by atoms with E-state index >= 15 is 0 Å². The van der Waals surface area contributed by atoms with Gasteiger partial charge in [-0.3, -0.25) is 9.59 Å². The molecule has 0 saturated heterocycles. The van der Waals surface area contributed by atoms with Gasteiger partial charge >= 0.3 is 5.97 Å². The van der Waals surface area contributed by atoms with Gasteiger partial charge in [0.25, 0.3) is 0 Å². The van der Waals surface area contributed by atoms with Crippen LogP contribution in [0.25, 0.3) is 0 Å². The van der Waals surface area contributed by atoms with Gasteiger partial charge in [0.15, 0.2) is 0 Å². The summed E-state index contributed by atoms with van der Waals surface area (Å²) in [6.45, 7) is 4.96. The van der Waals surface area contributed by atoms with Crippen LogP contribution in [0.3, 0.4) is 0 Å². The van der Waals surface area contributed by atoms with Gasteiger partial charge in [0.05, 0.1) is 6.61 Å². The van der Waals surface area contributed by atoms with Crippen molar-refractivity contribution < 1.29 is 19.1 Å². The van der Waals surface area contributed by atoms with Crippen LogP contribution in [0.1, 0.15) is 46.5 Å². The highest BCUT2D eigenvalue weighted by atomic mass is 16.5. The third-order valence-electron chi connectivity index (χ3n) is 3.30. The third-order valence-corrected chi connectivity index (χ3v) is 3.30. The van der Waals surface area contributed by atoms with E-state index < -0.39 is 11.6 Å². The van der Waals surface area contributed by atoms with Crippen LogP contribution in [0.5, 0.6) is 0 Å². The van der Waals surface area contributed by atoms with Crippen molar-refractivity contribution in [3.8, 4) is 0 Å². The van der Waals surface area contributed by atoms with Crippen LogP contribution >= 0.6 is 0 Å². The highest BCUT2D eigenvalue weighted by Gasteiger charge is 2.44. The molecule has 2 amide bonds. The molecule has 1 aliphatic carbocycles. The van der Waals surface area contributed by atoms with E-state index in [1.807, 2.05) is 0 Å². The maximum atomic E-state index is 12.0. The van der Waals surface area contributed by atoms with E-state index in [9.17, 15) is 14.4 Å². The Hall–Kier alpha value is -1.59. The molecule has 1 atom stereocenters. The van der Waals surface area contributed by atoms with Crippen molar-refractivity contribution in [3.05, 3.63) is 0 Å². The highest BCUT2D eigenvalue weighted by Crippen LogP contribution is 2.31. The number of hydrogen-bond donors (Lipinski definition) is 2. The number of ether oxygens (including phenoxy) is 1. The van der Waals surface area contributed by atoms with Gasteiger partial charge < -0.3 is 15.4 Å². The summed E-state index contributed by atoms with van der Waals surface area (Å²) in [5.74, 6) is -1.01. The van der Waals surface area contributed by atoms with Gasteiger partial charge in [-0.05, 0) is 26.7 Å². The maximum Gasteiger partial charge on any atom is 0.331 e. The summed E-state index contributed by atoms with van der Waals surface area (Å²) in [6, 6.07) is -0.663. The first-order chi connectivity index (χ1) is 8.91. The minimum atomic E-state index is -0.917. The van der Waals surface area contributed by atoms with Crippen molar-refractivity contribution in [2.75, 3.05) is 6.61 Å². The topological polar surface area (TPSA) is 84.5 Å². The quantitative estimate of drug-likeness (QED) is 0.713. The van der Waals surface area contributed by atoms with E-state index in [4.69, 9.17) is 4.74 Å². The van der Waals surface area contributed by atoms with Gasteiger partial charge in [0, 0.05) is 6.92 Å². The molecular weight excluding hydrogens is 248 g/mol. The Labute approximate surface area is 113 Å². The summed E-state index contributed by atoms with van der Waals surface area (Å²) >= 11 is 0. The van der Waals surface area contributed by atoms with Gasteiger partial charge in [0.1, 0.15) is 11.6 Å². The Kier molecular flexibility index (Phi) is 5.32. The van der Waals surface area contributed by atoms with Gasteiger partial charge in [-0.2, -0.15) is 0 Å². The molecule has 0 aliphatic heterocycles. The lowest BCUT2D eigenvalue weighted by Gasteiger charge is -2.29. The summed E-state index contributed by atoms with van der Waals surface area (Å²) in [4.78, 5) is 35.0. The lowest BCUT2D eigenvalue weighted by Crippen LogP contribution is -2.57. The second-order valence-electron chi connectivity index (χ2n) is 4.92. The smallest absolute Gasteiger partial charge is 0.331 e. The number of hydrogen-bond acceptors (Lipinski definition) is 4. The van der Waals surface area contributed by atoms with Crippen LogP contribution in [-0.2, 0) is 19.1 Å². The molecule has 0 bridgehead atoms. The fraction of sp³-hybridized carbons (Fsp3) is 0.769. The molecule has 0 aromatic carbocycles. The van der Waals surface area contributed by atoms with E-state index in [2.05, 4.69) is 10.6 Å². The normalized spacial score (nSPS) is 18.5. The monoisotopic (exact) mass is 270 g/mol. The standard InChI is InChI=1S/C13H22N2O4/c1-4-19-12(18)13(7-5-6-8-13)15-11(17)9(2)14-10(3)16/h9H,4-8H2,1-3H3,(H,14,16)(H,15,17). The molecule has 6 heteroatoms.